The molecule has 0 fully saturated rings. The number of rotatable bonds is 2. The third-order valence-electron chi connectivity index (χ3n) is 3.24. The first-order valence-corrected chi connectivity index (χ1v) is 7.90. The quantitative estimate of drug-likeness (QED) is 0.667. The predicted octanol–water partition coefficient (Wildman–Crippen LogP) is 3.60. The molecule has 0 spiro atoms. The van der Waals surface area contributed by atoms with Crippen LogP contribution in [-0.4, -0.2) is 14.5 Å². The van der Waals surface area contributed by atoms with E-state index in [-0.39, 0.29) is 5.82 Å². The van der Waals surface area contributed by atoms with Gasteiger partial charge in [0.1, 0.15) is 10.8 Å². The Morgan fingerprint density at radius 3 is 2.80 bits per heavy atom. The number of benzene rings is 1. The monoisotopic (exact) mass is 402 g/mol. The summed E-state index contributed by atoms with van der Waals surface area (Å²) in [6.45, 7) is 4.00. The van der Waals surface area contributed by atoms with Crippen molar-refractivity contribution in [3.63, 3.8) is 0 Å². The molecule has 0 aliphatic carbocycles. The maximum absolute atomic E-state index is 13.9. The van der Waals surface area contributed by atoms with Gasteiger partial charge in [-0.15, -0.1) is 11.3 Å². The van der Waals surface area contributed by atoms with Gasteiger partial charge in [0.05, 0.1) is 20.1 Å². The molecule has 3 aromatic rings. The highest BCUT2D eigenvalue weighted by Crippen LogP contribution is 2.34. The van der Waals surface area contributed by atoms with E-state index in [1.165, 1.54) is 6.07 Å². The summed E-state index contributed by atoms with van der Waals surface area (Å²) < 4.78 is 16.2. The van der Waals surface area contributed by atoms with Gasteiger partial charge < -0.3 is 5.73 Å². The second-order valence-electron chi connectivity index (χ2n) is 4.96. The normalized spacial score (nSPS) is 12.2. The zero-order chi connectivity index (χ0) is 14.5. The average Bonchev–Trinajstić information content (AvgIpc) is 2.97. The van der Waals surface area contributed by atoms with Gasteiger partial charge in [-0.2, -0.15) is 0 Å². The summed E-state index contributed by atoms with van der Waals surface area (Å²) in [6, 6.07) is 3.19. The summed E-state index contributed by atoms with van der Waals surface area (Å²) in [5.74, 6) is 0.0933. The van der Waals surface area contributed by atoms with Crippen LogP contribution in [0.3, 0.4) is 0 Å². The van der Waals surface area contributed by atoms with E-state index >= 15 is 0 Å². The maximum Gasteiger partial charge on any atom is 0.202 e. The largest absolute Gasteiger partial charge is 0.369 e. The minimum Gasteiger partial charge on any atom is -0.369 e. The molecule has 0 radical (unpaired) electrons. The van der Waals surface area contributed by atoms with Crippen LogP contribution in [-0.2, 0) is 5.54 Å². The fraction of sp³-hybridized carbons (Fsp3) is 0.231. The van der Waals surface area contributed by atoms with Crippen molar-refractivity contribution in [2.24, 2.45) is 0 Å². The molecule has 20 heavy (non-hydrogen) atoms. The van der Waals surface area contributed by atoms with Crippen LogP contribution >= 0.6 is 33.9 Å². The minimum atomic E-state index is -0.480. The number of hydrogen-bond donors (Lipinski definition) is 1. The van der Waals surface area contributed by atoms with Gasteiger partial charge in [-0.3, -0.25) is 4.57 Å². The zero-order valence-electron chi connectivity index (χ0n) is 10.9. The smallest absolute Gasteiger partial charge is 0.202 e. The number of fused-ring (bicyclic) bond motifs is 1. The van der Waals surface area contributed by atoms with E-state index in [1.807, 2.05) is 46.4 Å². The van der Waals surface area contributed by atoms with Crippen LogP contribution in [0.25, 0.3) is 11.0 Å². The maximum atomic E-state index is 13.9. The van der Waals surface area contributed by atoms with Crippen molar-refractivity contribution in [3.8, 4) is 0 Å². The van der Waals surface area contributed by atoms with Gasteiger partial charge in [-0.25, -0.2) is 14.4 Å². The van der Waals surface area contributed by atoms with Crippen molar-refractivity contribution in [2.75, 3.05) is 5.73 Å². The third kappa shape index (κ3) is 1.99. The molecule has 0 aliphatic heterocycles. The van der Waals surface area contributed by atoms with Gasteiger partial charge in [0.15, 0.2) is 0 Å². The van der Waals surface area contributed by atoms with E-state index in [4.69, 9.17) is 5.73 Å². The summed E-state index contributed by atoms with van der Waals surface area (Å²) in [4.78, 5) is 8.69. The fourth-order valence-corrected chi connectivity index (χ4v) is 3.50. The van der Waals surface area contributed by atoms with Crippen molar-refractivity contribution >= 4 is 50.9 Å². The van der Waals surface area contributed by atoms with Gasteiger partial charge in [-0.05, 0) is 42.5 Å². The zero-order valence-corrected chi connectivity index (χ0v) is 13.9. The summed E-state index contributed by atoms with van der Waals surface area (Å²) in [5, 5.41) is 2.82. The second-order valence-corrected chi connectivity index (χ2v) is 7.01. The molecule has 3 rings (SSSR count). The highest BCUT2D eigenvalue weighted by Gasteiger charge is 2.30. The molecule has 4 nitrogen and oxygen atoms in total. The number of nitrogens with two attached hydrogens (primary N) is 1. The van der Waals surface area contributed by atoms with E-state index in [0.29, 0.717) is 20.6 Å². The number of anilines is 1. The van der Waals surface area contributed by atoms with E-state index in [2.05, 4.69) is 9.97 Å². The Labute approximate surface area is 133 Å². The standard InChI is InChI=1S/C13H12FIN4S/c1-13(2,11-17-3-4-20-11)19-10-5-7(14)8(15)6-9(10)18-12(19)16/h3-6H,1-2H3,(H2,16,18). The lowest BCUT2D eigenvalue weighted by atomic mass is 10.1. The van der Waals surface area contributed by atoms with Crippen molar-refractivity contribution in [1.29, 1.82) is 0 Å². The van der Waals surface area contributed by atoms with Crippen molar-refractivity contribution in [2.45, 2.75) is 19.4 Å². The Bertz CT molecular complexity index is 779. The Kier molecular flexibility index (Phi) is 3.20. The molecule has 0 bridgehead atoms. The van der Waals surface area contributed by atoms with Crippen molar-refractivity contribution in [3.05, 3.63) is 38.1 Å². The fourth-order valence-electron chi connectivity index (χ4n) is 2.30. The Morgan fingerprint density at radius 1 is 1.40 bits per heavy atom. The first-order chi connectivity index (χ1) is 9.41. The molecule has 0 unspecified atom stereocenters. The third-order valence-corrected chi connectivity index (χ3v) is 5.15. The minimum absolute atomic E-state index is 0.269. The van der Waals surface area contributed by atoms with Crippen LogP contribution in [0.5, 0.6) is 0 Å². The van der Waals surface area contributed by atoms with Crippen LogP contribution in [0.2, 0.25) is 0 Å². The lowest BCUT2D eigenvalue weighted by Crippen LogP contribution is -2.28. The molecule has 7 heteroatoms. The van der Waals surface area contributed by atoms with Gasteiger partial charge in [0, 0.05) is 17.6 Å². The number of nitrogens with zero attached hydrogens (tertiary/aromatic N) is 3. The molecule has 104 valence electrons. The second kappa shape index (κ2) is 4.66. The van der Waals surface area contributed by atoms with E-state index in [1.54, 1.807) is 23.6 Å². The number of halogens is 2. The van der Waals surface area contributed by atoms with Crippen LogP contribution in [0, 0.1) is 9.39 Å². The van der Waals surface area contributed by atoms with Crippen LogP contribution in [0.15, 0.2) is 23.7 Å². The summed E-state index contributed by atoms with van der Waals surface area (Å²) in [5.41, 5.74) is 6.94. The van der Waals surface area contributed by atoms with Gasteiger partial charge in [-0.1, -0.05) is 0 Å². The number of nitrogen functional groups attached to an aromatic ring is 1. The average molecular weight is 402 g/mol. The first-order valence-electron chi connectivity index (χ1n) is 5.94. The predicted molar refractivity (Wildman–Crippen MR) is 87.4 cm³/mol. The van der Waals surface area contributed by atoms with Gasteiger partial charge >= 0.3 is 0 Å². The number of aromatic nitrogens is 3. The molecule has 0 saturated carbocycles. The number of thiazole rings is 1. The highest BCUT2D eigenvalue weighted by atomic mass is 127. The summed E-state index contributed by atoms with van der Waals surface area (Å²) >= 11 is 3.49. The van der Waals surface area contributed by atoms with Crippen LogP contribution < -0.4 is 5.73 Å². The van der Waals surface area contributed by atoms with Crippen LogP contribution in [0.1, 0.15) is 18.9 Å². The Morgan fingerprint density at radius 2 is 2.15 bits per heavy atom. The topological polar surface area (TPSA) is 56.7 Å². The highest BCUT2D eigenvalue weighted by molar-refractivity contribution is 14.1. The number of hydrogen-bond acceptors (Lipinski definition) is 4. The van der Waals surface area contributed by atoms with E-state index in [0.717, 1.165) is 5.01 Å². The molecule has 1 aromatic carbocycles. The summed E-state index contributed by atoms with van der Waals surface area (Å²) in [7, 11) is 0. The lowest BCUT2D eigenvalue weighted by Gasteiger charge is -2.26. The summed E-state index contributed by atoms with van der Waals surface area (Å²) in [6.07, 6.45) is 1.75. The molecule has 0 amide bonds. The molecule has 2 heterocycles. The Hall–Kier alpha value is -1.22. The molecule has 0 saturated heterocycles. The molecule has 2 N–H and O–H groups in total. The molecule has 0 aliphatic rings. The molecular formula is C13H12FIN4S. The van der Waals surface area contributed by atoms with Gasteiger partial charge in [0.2, 0.25) is 5.95 Å². The lowest BCUT2D eigenvalue weighted by molar-refractivity contribution is 0.452. The van der Waals surface area contributed by atoms with E-state index < -0.39 is 5.54 Å². The first kappa shape index (κ1) is 13.7. The Balaban J connectivity index is 2.31. The van der Waals surface area contributed by atoms with Crippen LogP contribution in [0.4, 0.5) is 10.3 Å². The van der Waals surface area contributed by atoms with Gasteiger partial charge in [0.25, 0.3) is 0 Å². The van der Waals surface area contributed by atoms with Crippen molar-refractivity contribution < 1.29 is 4.39 Å². The number of imidazole rings is 1. The molecule has 2 aromatic heterocycles. The molecule has 0 atom stereocenters. The van der Waals surface area contributed by atoms with Crippen molar-refractivity contribution in [1.82, 2.24) is 14.5 Å². The SMILES string of the molecule is CC(C)(c1nccs1)n1c(N)nc2cc(I)c(F)cc21. The van der Waals surface area contributed by atoms with E-state index in [9.17, 15) is 4.39 Å². The molecular weight excluding hydrogens is 390 g/mol.